The van der Waals surface area contributed by atoms with Crippen LogP contribution in [0.3, 0.4) is 0 Å². The van der Waals surface area contributed by atoms with E-state index in [-0.39, 0.29) is 30.7 Å². The van der Waals surface area contributed by atoms with Gasteiger partial charge < -0.3 is 9.74 Å². The van der Waals surface area contributed by atoms with Crippen molar-refractivity contribution in [2.45, 2.75) is 45.5 Å². The zero-order valence-corrected chi connectivity index (χ0v) is 17.3. The van der Waals surface area contributed by atoms with E-state index < -0.39 is 17.8 Å². The Bertz CT molecular complexity index is 939. The number of alkyl halides is 3. The summed E-state index contributed by atoms with van der Waals surface area (Å²) in [6, 6.07) is 10.8. The molecule has 0 aliphatic carbocycles. The summed E-state index contributed by atoms with van der Waals surface area (Å²) in [5, 5.41) is 4.03. The monoisotopic (exact) mass is 436 g/mol. The van der Waals surface area contributed by atoms with E-state index >= 15 is 0 Å². The van der Waals surface area contributed by atoms with Gasteiger partial charge in [-0.05, 0) is 35.7 Å². The van der Waals surface area contributed by atoms with E-state index in [1.54, 1.807) is 17.0 Å². The molecule has 3 rings (SSSR count). The lowest BCUT2D eigenvalue weighted by molar-refractivity contribution is -0.138. The number of carbonyl (C=O) groups is 1. The first-order valence-corrected chi connectivity index (χ1v) is 10.0. The topological polar surface area (TPSA) is 41.9 Å². The van der Waals surface area contributed by atoms with Gasteiger partial charge >= 0.3 is 6.18 Å². The summed E-state index contributed by atoms with van der Waals surface area (Å²) < 4.78 is 51.9. The number of benzene rings is 2. The van der Waals surface area contributed by atoms with Crippen molar-refractivity contribution in [3.63, 3.8) is 0 Å². The fourth-order valence-corrected chi connectivity index (χ4v) is 3.36. The molecule has 2 aromatic carbocycles. The van der Waals surface area contributed by atoms with E-state index in [4.69, 9.17) is 4.84 Å². The lowest BCUT2D eigenvalue weighted by Gasteiger charge is -2.26. The molecule has 1 atom stereocenters. The molecule has 0 aromatic heterocycles. The van der Waals surface area contributed by atoms with E-state index in [0.717, 1.165) is 12.1 Å². The number of hydrogen-bond acceptors (Lipinski definition) is 3. The van der Waals surface area contributed by atoms with E-state index in [9.17, 15) is 22.4 Å². The smallest absolute Gasteiger partial charge is 0.390 e. The van der Waals surface area contributed by atoms with Crippen LogP contribution in [0, 0.1) is 11.7 Å². The molecule has 1 amide bonds. The third kappa shape index (κ3) is 6.29. The minimum Gasteiger partial charge on any atom is -0.390 e. The molecular formula is C23H24F4N2O2. The van der Waals surface area contributed by atoms with Gasteiger partial charge in [-0.1, -0.05) is 43.3 Å². The molecule has 4 nitrogen and oxygen atoms in total. The summed E-state index contributed by atoms with van der Waals surface area (Å²) in [6.45, 7) is 4.24. The number of carbonyl (C=O) groups excluding carboxylic acids is 1. The molecule has 0 bridgehead atoms. The highest BCUT2D eigenvalue weighted by atomic mass is 19.4. The van der Waals surface area contributed by atoms with E-state index in [0.29, 0.717) is 29.7 Å². The van der Waals surface area contributed by atoms with Crippen molar-refractivity contribution in [2.24, 2.45) is 11.1 Å². The molecule has 1 aliphatic heterocycles. The standard InChI is InChI=1S/C23H24F4N2O2/c1-15(2)10-22(30)29(13-16-6-8-18(9-7-16)23(25,26)27)14-20-12-21(28-31-20)17-4-3-5-19(24)11-17/h3-9,11,15,20H,10,12-14H2,1-2H3/t20-/m0/s1. The molecule has 0 unspecified atom stereocenters. The van der Waals surface area contributed by atoms with Crippen molar-refractivity contribution in [1.29, 1.82) is 0 Å². The van der Waals surface area contributed by atoms with Crippen LogP contribution in [0.1, 0.15) is 43.4 Å². The molecule has 0 fully saturated rings. The predicted molar refractivity (Wildman–Crippen MR) is 109 cm³/mol. The van der Waals surface area contributed by atoms with Gasteiger partial charge in [0.25, 0.3) is 0 Å². The summed E-state index contributed by atoms with van der Waals surface area (Å²) in [7, 11) is 0. The van der Waals surface area contributed by atoms with Crippen LogP contribution in [0.5, 0.6) is 0 Å². The van der Waals surface area contributed by atoms with Crippen molar-refractivity contribution in [1.82, 2.24) is 4.90 Å². The molecule has 0 saturated heterocycles. The van der Waals surface area contributed by atoms with Gasteiger partial charge in [-0.2, -0.15) is 13.2 Å². The Labute approximate surface area is 178 Å². The Morgan fingerprint density at radius 2 is 1.90 bits per heavy atom. The molecule has 1 heterocycles. The van der Waals surface area contributed by atoms with Gasteiger partial charge in [-0.15, -0.1) is 0 Å². The third-order valence-electron chi connectivity index (χ3n) is 4.91. The maximum Gasteiger partial charge on any atom is 0.416 e. The molecular weight excluding hydrogens is 412 g/mol. The number of rotatable bonds is 7. The van der Waals surface area contributed by atoms with Gasteiger partial charge in [-0.3, -0.25) is 4.79 Å². The first-order valence-electron chi connectivity index (χ1n) is 10.0. The number of hydrogen-bond donors (Lipinski definition) is 0. The largest absolute Gasteiger partial charge is 0.416 e. The lowest BCUT2D eigenvalue weighted by atomic mass is 10.0. The Morgan fingerprint density at radius 1 is 1.19 bits per heavy atom. The van der Waals surface area contributed by atoms with Gasteiger partial charge in [0, 0.05) is 24.9 Å². The molecule has 166 valence electrons. The molecule has 0 radical (unpaired) electrons. The van der Waals surface area contributed by atoms with E-state index in [1.807, 2.05) is 13.8 Å². The Hall–Kier alpha value is -2.90. The zero-order valence-electron chi connectivity index (χ0n) is 17.3. The normalized spacial score (nSPS) is 16.2. The minimum atomic E-state index is -4.41. The summed E-state index contributed by atoms with van der Waals surface area (Å²) in [4.78, 5) is 19.8. The predicted octanol–water partition coefficient (Wildman–Crippen LogP) is 5.41. The lowest BCUT2D eigenvalue weighted by Crippen LogP contribution is -2.37. The highest BCUT2D eigenvalue weighted by Gasteiger charge is 2.30. The molecule has 1 aliphatic rings. The van der Waals surface area contributed by atoms with Crippen molar-refractivity contribution in [3.8, 4) is 0 Å². The van der Waals surface area contributed by atoms with Crippen LogP contribution in [-0.2, 0) is 22.4 Å². The average Bonchev–Trinajstić information content (AvgIpc) is 3.15. The van der Waals surface area contributed by atoms with Gasteiger partial charge in [0.1, 0.15) is 5.82 Å². The highest BCUT2D eigenvalue weighted by molar-refractivity contribution is 6.01. The van der Waals surface area contributed by atoms with Crippen LogP contribution in [0.15, 0.2) is 53.7 Å². The van der Waals surface area contributed by atoms with Gasteiger partial charge in [0.05, 0.1) is 17.8 Å². The Balaban J connectivity index is 1.69. The van der Waals surface area contributed by atoms with Crippen molar-refractivity contribution in [3.05, 3.63) is 71.0 Å². The first kappa shape index (κ1) is 22.8. The van der Waals surface area contributed by atoms with Crippen molar-refractivity contribution >= 4 is 11.6 Å². The molecule has 0 N–H and O–H groups in total. The first-order chi connectivity index (χ1) is 14.6. The summed E-state index contributed by atoms with van der Waals surface area (Å²) >= 11 is 0. The van der Waals surface area contributed by atoms with Gasteiger partial charge in [0.2, 0.25) is 5.91 Å². The second-order valence-electron chi connectivity index (χ2n) is 8.05. The SMILES string of the molecule is CC(C)CC(=O)N(Cc1ccc(C(F)(F)F)cc1)C[C@@H]1CC(c2cccc(F)c2)=NO1. The fraction of sp³-hybridized carbons (Fsp3) is 0.391. The molecule has 8 heteroatoms. The van der Waals surface area contributed by atoms with Crippen molar-refractivity contribution < 1.29 is 27.2 Å². The molecule has 0 spiro atoms. The third-order valence-corrected chi connectivity index (χ3v) is 4.91. The maximum absolute atomic E-state index is 13.5. The zero-order chi connectivity index (χ0) is 22.6. The van der Waals surface area contributed by atoms with Crippen LogP contribution in [0.25, 0.3) is 0 Å². The number of halogens is 4. The average molecular weight is 436 g/mol. The van der Waals surface area contributed by atoms with Gasteiger partial charge in [0.15, 0.2) is 6.10 Å². The van der Waals surface area contributed by atoms with E-state index in [2.05, 4.69) is 5.16 Å². The molecule has 31 heavy (non-hydrogen) atoms. The van der Waals surface area contributed by atoms with Crippen LogP contribution < -0.4 is 0 Å². The number of nitrogens with zero attached hydrogens (tertiary/aromatic N) is 2. The Kier molecular flexibility index (Phi) is 6.97. The molecule has 2 aromatic rings. The minimum absolute atomic E-state index is 0.113. The second kappa shape index (κ2) is 9.49. The quantitative estimate of drug-likeness (QED) is 0.545. The van der Waals surface area contributed by atoms with Crippen LogP contribution in [0.4, 0.5) is 17.6 Å². The maximum atomic E-state index is 13.5. The van der Waals surface area contributed by atoms with Crippen molar-refractivity contribution in [2.75, 3.05) is 6.54 Å². The van der Waals surface area contributed by atoms with Crippen LogP contribution in [-0.4, -0.2) is 29.2 Å². The molecule has 0 saturated carbocycles. The van der Waals surface area contributed by atoms with Gasteiger partial charge in [-0.25, -0.2) is 4.39 Å². The summed E-state index contributed by atoms with van der Waals surface area (Å²) in [5.74, 6) is -0.358. The van der Waals surface area contributed by atoms with Crippen LogP contribution >= 0.6 is 0 Å². The summed E-state index contributed by atoms with van der Waals surface area (Å²) in [5.41, 5.74) is 1.07. The highest BCUT2D eigenvalue weighted by Crippen LogP contribution is 2.29. The summed E-state index contributed by atoms with van der Waals surface area (Å²) in [6.07, 6.45) is -4.11. The Morgan fingerprint density at radius 3 is 2.52 bits per heavy atom. The van der Waals surface area contributed by atoms with E-state index in [1.165, 1.54) is 24.3 Å². The number of oxime groups is 1. The second-order valence-corrected chi connectivity index (χ2v) is 8.05. The fourth-order valence-electron chi connectivity index (χ4n) is 3.36. The number of amides is 1. The van der Waals surface area contributed by atoms with Crippen LogP contribution in [0.2, 0.25) is 0 Å².